The van der Waals surface area contributed by atoms with Gasteiger partial charge in [-0.15, -0.1) is 0 Å². The number of rotatable bonds is 5. The molecule has 0 radical (unpaired) electrons. The molecule has 2 aromatic heterocycles. The quantitative estimate of drug-likeness (QED) is 0.230. The van der Waals surface area contributed by atoms with Gasteiger partial charge in [0, 0.05) is 49.6 Å². The van der Waals surface area contributed by atoms with Gasteiger partial charge in [-0.3, -0.25) is 9.88 Å². The number of halogens is 5. The van der Waals surface area contributed by atoms with Gasteiger partial charge in [-0.1, -0.05) is 17.7 Å². The van der Waals surface area contributed by atoms with Gasteiger partial charge in [0.15, 0.2) is 5.82 Å². The highest BCUT2D eigenvalue weighted by Gasteiger charge is 2.77. The number of phenols is 1. The number of hydrogen-bond donors (Lipinski definition) is 1. The number of anilines is 1. The summed E-state index contributed by atoms with van der Waals surface area (Å²) in [5.41, 5.74) is -1.99. The molecule has 1 N–H and O–H groups in total. The van der Waals surface area contributed by atoms with E-state index in [-0.39, 0.29) is 57.6 Å². The average molecular weight is 670 g/mol. The fourth-order valence-corrected chi connectivity index (χ4v) is 9.00. The van der Waals surface area contributed by atoms with Gasteiger partial charge in [0.1, 0.15) is 35.2 Å². The van der Waals surface area contributed by atoms with Gasteiger partial charge in [-0.25, -0.2) is 17.6 Å². The number of benzene rings is 2. The molecule has 6 heterocycles. The van der Waals surface area contributed by atoms with Crippen molar-refractivity contribution in [1.82, 2.24) is 19.9 Å². The van der Waals surface area contributed by atoms with Crippen molar-refractivity contribution in [2.24, 2.45) is 5.41 Å². The van der Waals surface area contributed by atoms with Gasteiger partial charge >= 0.3 is 6.01 Å². The van der Waals surface area contributed by atoms with Crippen LogP contribution in [0.25, 0.3) is 32.9 Å². The summed E-state index contributed by atoms with van der Waals surface area (Å²) < 4.78 is 72.6. The lowest BCUT2D eigenvalue weighted by Gasteiger charge is -2.48. The maximum Gasteiger partial charge on any atom is 0.319 e. The first-order valence-corrected chi connectivity index (χ1v) is 16.5. The molecule has 5 aliphatic rings. The molecule has 1 aliphatic carbocycles. The van der Waals surface area contributed by atoms with Crippen LogP contribution in [-0.2, 0) is 4.74 Å². The Labute approximate surface area is 272 Å². The number of alkyl halides is 2. The minimum absolute atomic E-state index is 0.0627. The normalized spacial score (nSPS) is 29.6. The predicted molar refractivity (Wildman–Crippen MR) is 167 cm³/mol. The lowest BCUT2D eigenvalue weighted by atomic mass is 9.86. The molecule has 5 fully saturated rings. The van der Waals surface area contributed by atoms with E-state index in [0.717, 1.165) is 38.6 Å². The lowest BCUT2D eigenvalue weighted by molar-refractivity contribution is -0.151. The third-order valence-corrected chi connectivity index (χ3v) is 11.6. The Hall–Kier alpha value is -3.48. The highest BCUT2D eigenvalue weighted by Crippen LogP contribution is 2.69. The van der Waals surface area contributed by atoms with Gasteiger partial charge in [-0.2, -0.15) is 9.97 Å². The number of ether oxygens (including phenoxy) is 2. The molecule has 8 nitrogen and oxygen atoms in total. The Morgan fingerprint density at radius 1 is 1.02 bits per heavy atom. The van der Waals surface area contributed by atoms with Gasteiger partial charge in [0.2, 0.25) is 0 Å². The maximum absolute atomic E-state index is 16.8. The molecule has 246 valence electrons. The van der Waals surface area contributed by atoms with E-state index in [0.29, 0.717) is 49.3 Å². The maximum atomic E-state index is 16.8. The first-order chi connectivity index (χ1) is 22.5. The highest BCUT2D eigenvalue weighted by atomic mass is 35.5. The Kier molecular flexibility index (Phi) is 6.32. The van der Waals surface area contributed by atoms with Crippen LogP contribution in [0.2, 0.25) is 5.02 Å². The SMILES string of the molecule is Oc1cc(-c2ncc3c(N4CCCC5(CCO5)C4)nc(OC[C@@]45CCCN4C[C@@]4(CC4(F)F)C5)nc3c2F)c2c(Cl)c(F)ccc2c1. The van der Waals surface area contributed by atoms with Crippen LogP contribution < -0.4 is 9.64 Å². The van der Waals surface area contributed by atoms with Crippen LogP contribution in [0.15, 0.2) is 30.5 Å². The third kappa shape index (κ3) is 4.43. The van der Waals surface area contributed by atoms with E-state index in [2.05, 4.69) is 14.9 Å². The summed E-state index contributed by atoms with van der Waals surface area (Å²) in [5.74, 6) is -3.89. The van der Waals surface area contributed by atoms with E-state index in [9.17, 15) is 18.3 Å². The number of fused-ring (bicyclic) bond motifs is 3. The predicted octanol–water partition coefficient (Wildman–Crippen LogP) is 6.88. The van der Waals surface area contributed by atoms with Crippen LogP contribution in [0.3, 0.4) is 0 Å². The van der Waals surface area contributed by atoms with E-state index in [1.807, 2.05) is 4.90 Å². The zero-order chi connectivity index (χ0) is 32.3. The van der Waals surface area contributed by atoms with Gasteiger partial charge < -0.3 is 19.5 Å². The molecule has 2 spiro atoms. The Morgan fingerprint density at radius 2 is 1.83 bits per heavy atom. The van der Waals surface area contributed by atoms with Crippen molar-refractivity contribution >= 4 is 39.1 Å². The van der Waals surface area contributed by atoms with Crippen molar-refractivity contribution < 1.29 is 32.1 Å². The van der Waals surface area contributed by atoms with Crippen molar-refractivity contribution in [3.05, 3.63) is 47.1 Å². The lowest BCUT2D eigenvalue weighted by Crippen LogP contribution is -2.56. The van der Waals surface area contributed by atoms with Crippen LogP contribution in [0.5, 0.6) is 11.8 Å². The summed E-state index contributed by atoms with van der Waals surface area (Å²) in [6.45, 7) is 3.07. The monoisotopic (exact) mass is 669 g/mol. The summed E-state index contributed by atoms with van der Waals surface area (Å²) in [5, 5.41) is 11.2. The summed E-state index contributed by atoms with van der Waals surface area (Å²) in [7, 11) is 0. The van der Waals surface area contributed by atoms with Crippen molar-refractivity contribution in [2.75, 3.05) is 44.3 Å². The second kappa shape index (κ2) is 10.0. The molecule has 13 heteroatoms. The minimum atomic E-state index is -2.67. The second-order valence-electron chi connectivity index (χ2n) is 14.1. The van der Waals surface area contributed by atoms with E-state index in [4.69, 9.17) is 26.1 Å². The summed E-state index contributed by atoms with van der Waals surface area (Å²) in [6, 6.07) is 5.29. The smallest absolute Gasteiger partial charge is 0.319 e. The van der Waals surface area contributed by atoms with Gasteiger partial charge in [0.25, 0.3) is 5.92 Å². The van der Waals surface area contributed by atoms with Gasteiger partial charge in [-0.05, 0) is 62.2 Å². The molecular formula is C34H32ClF4N5O3. The number of pyridine rings is 1. The topological polar surface area (TPSA) is 83.8 Å². The van der Waals surface area contributed by atoms with Crippen LogP contribution in [0.1, 0.15) is 44.9 Å². The number of piperidine rings is 1. The van der Waals surface area contributed by atoms with Crippen molar-refractivity contribution in [1.29, 1.82) is 0 Å². The van der Waals surface area contributed by atoms with Crippen LogP contribution >= 0.6 is 11.6 Å². The van der Waals surface area contributed by atoms with E-state index < -0.39 is 28.5 Å². The second-order valence-corrected chi connectivity index (χ2v) is 14.5. The van der Waals surface area contributed by atoms with E-state index in [1.54, 1.807) is 0 Å². The van der Waals surface area contributed by atoms with E-state index in [1.165, 1.54) is 30.5 Å². The zero-order valence-corrected chi connectivity index (χ0v) is 26.2. The zero-order valence-electron chi connectivity index (χ0n) is 25.5. The molecule has 4 aromatic rings. The van der Waals surface area contributed by atoms with Crippen LogP contribution in [0.4, 0.5) is 23.4 Å². The van der Waals surface area contributed by atoms with Crippen molar-refractivity contribution in [2.45, 2.75) is 62.0 Å². The molecule has 4 saturated heterocycles. The van der Waals surface area contributed by atoms with Gasteiger partial charge in [0.05, 0.1) is 33.6 Å². The standard InChI is InChI=1S/C34H32ClF4N5O3/c35-25-23(36)4-3-19-11-20(45)12-21(24(19)25)27-26(37)28-22(13-40-27)29(43-8-2-6-33(17-43)7-10-47-33)42-30(41-28)46-18-32-5-1-9-44(32)16-31(14-32)15-34(31,38)39/h3-4,11-13,45H,1-2,5-10,14-18H2/t31-,32-,33?/m0/s1. The number of phenolic OH excluding ortho intramolecular Hbond substituents is 1. The molecule has 9 rings (SSSR count). The molecule has 0 bridgehead atoms. The summed E-state index contributed by atoms with van der Waals surface area (Å²) in [6.07, 6.45) is 6.00. The Bertz CT molecular complexity index is 1980. The fraction of sp³-hybridized carbons (Fsp3) is 0.500. The number of nitrogens with zero attached hydrogens (tertiary/aromatic N) is 5. The molecule has 3 atom stereocenters. The number of aromatic hydroxyl groups is 1. The van der Waals surface area contributed by atoms with Crippen molar-refractivity contribution in [3.8, 4) is 23.0 Å². The number of aromatic nitrogens is 3. The Balaban J connectivity index is 1.15. The fourth-order valence-electron chi connectivity index (χ4n) is 8.72. The number of hydrogen-bond acceptors (Lipinski definition) is 8. The third-order valence-electron chi connectivity index (χ3n) is 11.3. The Morgan fingerprint density at radius 3 is 2.60 bits per heavy atom. The van der Waals surface area contributed by atoms with Crippen LogP contribution in [-0.4, -0.2) is 81.4 Å². The van der Waals surface area contributed by atoms with Crippen molar-refractivity contribution in [3.63, 3.8) is 0 Å². The van der Waals surface area contributed by atoms with Crippen LogP contribution in [0, 0.1) is 17.0 Å². The highest BCUT2D eigenvalue weighted by molar-refractivity contribution is 6.37. The summed E-state index contributed by atoms with van der Waals surface area (Å²) >= 11 is 6.37. The van der Waals surface area contributed by atoms with E-state index >= 15 is 4.39 Å². The summed E-state index contributed by atoms with van der Waals surface area (Å²) in [4.78, 5) is 18.0. The first-order valence-electron chi connectivity index (χ1n) is 16.1. The average Bonchev–Trinajstić information content (AvgIpc) is 3.25. The molecular weight excluding hydrogens is 638 g/mol. The molecule has 1 unspecified atom stereocenters. The first kappa shape index (κ1) is 29.6. The minimum Gasteiger partial charge on any atom is -0.508 e. The molecule has 4 aliphatic heterocycles. The molecule has 0 amide bonds. The molecule has 47 heavy (non-hydrogen) atoms. The molecule has 2 aromatic carbocycles. The largest absolute Gasteiger partial charge is 0.508 e. The molecule has 1 saturated carbocycles.